The lowest BCUT2D eigenvalue weighted by Crippen LogP contribution is -2.23. The Morgan fingerprint density at radius 2 is 1.63 bits per heavy atom. The fraction of sp³-hybridized carbons (Fsp3) is 0.0769. The molecule has 2 rings (SSSR count). The molecule has 0 amide bonds. The van der Waals surface area contributed by atoms with E-state index in [0.717, 1.165) is 5.56 Å². The standard InChI is InChI=1S/C13H11Cl2NO2S/c14-11-7-4-8-12(13(11)15)19(17,18)16-9-10-5-2-1-3-6-10/h1-8,16H,9H2. The Kier molecular flexibility index (Phi) is 4.47. The molecule has 0 atom stereocenters. The highest BCUT2D eigenvalue weighted by Crippen LogP contribution is 2.28. The van der Waals surface area contributed by atoms with E-state index in [4.69, 9.17) is 23.2 Å². The maximum absolute atomic E-state index is 12.1. The minimum absolute atomic E-state index is 0.0161. The van der Waals surface area contributed by atoms with Crippen LogP contribution in [-0.4, -0.2) is 8.42 Å². The Labute approximate surface area is 122 Å². The summed E-state index contributed by atoms with van der Waals surface area (Å²) in [5.41, 5.74) is 0.865. The molecule has 0 aliphatic heterocycles. The number of hydrogen-bond acceptors (Lipinski definition) is 2. The third kappa shape index (κ3) is 3.48. The van der Waals surface area contributed by atoms with Crippen molar-refractivity contribution in [3.8, 4) is 0 Å². The molecule has 19 heavy (non-hydrogen) atoms. The van der Waals surface area contributed by atoms with Crippen molar-refractivity contribution in [2.24, 2.45) is 0 Å². The number of sulfonamides is 1. The monoisotopic (exact) mass is 315 g/mol. The van der Waals surface area contributed by atoms with Crippen LogP contribution in [0.2, 0.25) is 10.0 Å². The Morgan fingerprint density at radius 1 is 0.947 bits per heavy atom. The summed E-state index contributed by atoms with van der Waals surface area (Å²) in [6.45, 7) is 0.200. The zero-order chi connectivity index (χ0) is 13.9. The van der Waals surface area contributed by atoms with Crippen molar-refractivity contribution in [1.29, 1.82) is 0 Å². The van der Waals surface area contributed by atoms with Crippen molar-refractivity contribution in [2.75, 3.05) is 0 Å². The molecule has 0 aromatic heterocycles. The summed E-state index contributed by atoms with van der Waals surface area (Å²) in [6.07, 6.45) is 0. The van der Waals surface area contributed by atoms with Crippen LogP contribution in [0.1, 0.15) is 5.56 Å². The van der Waals surface area contributed by atoms with Gasteiger partial charge in [0.25, 0.3) is 0 Å². The Balaban J connectivity index is 2.22. The summed E-state index contributed by atoms with van der Waals surface area (Å²) in [6, 6.07) is 13.7. The van der Waals surface area contributed by atoms with Gasteiger partial charge in [0.15, 0.2) is 0 Å². The van der Waals surface area contributed by atoms with E-state index in [1.165, 1.54) is 6.07 Å². The van der Waals surface area contributed by atoms with Gasteiger partial charge < -0.3 is 0 Å². The lowest BCUT2D eigenvalue weighted by molar-refractivity contribution is 0.581. The summed E-state index contributed by atoms with van der Waals surface area (Å²) in [7, 11) is -3.68. The molecule has 0 saturated carbocycles. The zero-order valence-electron chi connectivity index (χ0n) is 9.81. The van der Waals surface area contributed by atoms with Gasteiger partial charge in [-0.05, 0) is 17.7 Å². The number of benzene rings is 2. The highest BCUT2D eigenvalue weighted by molar-refractivity contribution is 7.89. The predicted octanol–water partition coefficient (Wildman–Crippen LogP) is 3.47. The second-order valence-electron chi connectivity index (χ2n) is 3.86. The quantitative estimate of drug-likeness (QED) is 0.939. The first-order chi connectivity index (χ1) is 9.00. The summed E-state index contributed by atoms with van der Waals surface area (Å²) in [5, 5.41) is 0.244. The van der Waals surface area contributed by atoms with Crippen LogP contribution in [0.4, 0.5) is 0 Å². The van der Waals surface area contributed by atoms with Gasteiger partial charge >= 0.3 is 0 Å². The van der Waals surface area contributed by atoms with Gasteiger partial charge in [-0.3, -0.25) is 0 Å². The highest BCUT2D eigenvalue weighted by atomic mass is 35.5. The third-order valence-corrected chi connectivity index (χ3v) is 4.89. The lowest BCUT2D eigenvalue weighted by Gasteiger charge is -2.09. The van der Waals surface area contributed by atoms with Gasteiger partial charge in [-0.25, -0.2) is 13.1 Å². The fourth-order valence-corrected chi connectivity index (χ4v) is 3.32. The first-order valence-electron chi connectivity index (χ1n) is 5.48. The Hall–Kier alpha value is -1.07. The maximum atomic E-state index is 12.1. The molecule has 0 bridgehead atoms. The molecule has 0 fully saturated rings. The van der Waals surface area contributed by atoms with E-state index >= 15 is 0 Å². The van der Waals surface area contributed by atoms with E-state index in [2.05, 4.69) is 4.72 Å². The first kappa shape index (κ1) is 14.3. The van der Waals surface area contributed by atoms with E-state index in [1.54, 1.807) is 12.1 Å². The van der Waals surface area contributed by atoms with Crippen LogP contribution in [-0.2, 0) is 16.6 Å². The van der Waals surface area contributed by atoms with E-state index in [0.29, 0.717) is 0 Å². The Morgan fingerprint density at radius 3 is 2.32 bits per heavy atom. The molecular formula is C13H11Cl2NO2S. The fourth-order valence-electron chi connectivity index (χ4n) is 1.54. The Bertz CT molecular complexity index is 672. The minimum Gasteiger partial charge on any atom is -0.207 e. The average molecular weight is 316 g/mol. The lowest BCUT2D eigenvalue weighted by atomic mass is 10.2. The van der Waals surface area contributed by atoms with E-state index in [9.17, 15) is 8.42 Å². The summed E-state index contributed by atoms with van der Waals surface area (Å²) < 4.78 is 26.7. The van der Waals surface area contributed by atoms with Crippen molar-refractivity contribution in [1.82, 2.24) is 4.72 Å². The molecular weight excluding hydrogens is 305 g/mol. The van der Waals surface area contributed by atoms with Gasteiger partial charge in [0.2, 0.25) is 10.0 Å². The average Bonchev–Trinajstić information content (AvgIpc) is 2.41. The van der Waals surface area contributed by atoms with Crippen LogP contribution in [0.3, 0.4) is 0 Å². The highest BCUT2D eigenvalue weighted by Gasteiger charge is 2.18. The molecule has 0 aliphatic carbocycles. The molecule has 0 saturated heterocycles. The molecule has 6 heteroatoms. The molecule has 0 heterocycles. The molecule has 0 radical (unpaired) electrons. The molecule has 100 valence electrons. The summed E-state index contributed by atoms with van der Waals surface area (Å²) in [5.74, 6) is 0. The first-order valence-corrected chi connectivity index (χ1v) is 7.72. The molecule has 2 aromatic carbocycles. The predicted molar refractivity (Wildman–Crippen MR) is 76.9 cm³/mol. The molecule has 1 N–H and O–H groups in total. The molecule has 2 aromatic rings. The maximum Gasteiger partial charge on any atom is 0.242 e. The van der Waals surface area contributed by atoms with Crippen LogP contribution in [0.15, 0.2) is 53.4 Å². The smallest absolute Gasteiger partial charge is 0.207 e. The van der Waals surface area contributed by atoms with E-state index in [1.807, 2.05) is 30.3 Å². The van der Waals surface area contributed by atoms with Gasteiger partial charge in [0.1, 0.15) is 4.90 Å². The van der Waals surface area contributed by atoms with Crippen LogP contribution in [0.5, 0.6) is 0 Å². The topological polar surface area (TPSA) is 46.2 Å². The summed E-state index contributed by atoms with van der Waals surface area (Å²) >= 11 is 11.7. The number of halogens is 2. The summed E-state index contributed by atoms with van der Waals surface area (Å²) in [4.78, 5) is -0.0161. The van der Waals surface area contributed by atoms with E-state index < -0.39 is 10.0 Å². The van der Waals surface area contributed by atoms with Gasteiger partial charge in [-0.15, -0.1) is 0 Å². The van der Waals surface area contributed by atoms with Crippen LogP contribution in [0.25, 0.3) is 0 Å². The zero-order valence-corrected chi connectivity index (χ0v) is 12.1. The van der Waals surface area contributed by atoms with Crippen LogP contribution < -0.4 is 4.72 Å². The normalized spacial score (nSPS) is 11.5. The number of rotatable bonds is 4. The van der Waals surface area contributed by atoms with Gasteiger partial charge in [0, 0.05) is 6.54 Å². The van der Waals surface area contributed by atoms with Crippen molar-refractivity contribution in [3.05, 3.63) is 64.1 Å². The van der Waals surface area contributed by atoms with Gasteiger partial charge in [-0.2, -0.15) is 0 Å². The van der Waals surface area contributed by atoms with Crippen LogP contribution >= 0.6 is 23.2 Å². The third-order valence-electron chi connectivity index (χ3n) is 2.51. The largest absolute Gasteiger partial charge is 0.242 e. The van der Waals surface area contributed by atoms with Crippen molar-refractivity contribution in [3.63, 3.8) is 0 Å². The van der Waals surface area contributed by atoms with Crippen molar-refractivity contribution < 1.29 is 8.42 Å². The van der Waals surface area contributed by atoms with Gasteiger partial charge in [-0.1, -0.05) is 59.6 Å². The molecule has 3 nitrogen and oxygen atoms in total. The van der Waals surface area contributed by atoms with Crippen LogP contribution in [0, 0.1) is 0 Å². The number of hydrogen-bond donors (Lipinski definition) is 1. The van der Waals surface area contributed by atoms with Crippen molar-refractivity contribution >= 4 is 33.2 Å². The number of nitrogens with one attached hydrogen (secondary N) is 1. The van der Waals surface area contributed by atoms with Gasteiger partial charge in [0.05, 0.1) is 10.0 Å². The second-order valence-corrected chi connectivity index (χ2v) is 6.38. The molecule has 0 spiro atoms. The minimum atomic E-state index is -3.68. The van der Waals surface area contributed by atoms with Crippen molar-refractivity contribution in [2.45, 2.75) is 11.4 Å². The SMILES string of the molecule is O=S(=O)(NCc1ccccc1)c1cccc(Cl)c1Cl. The molecule has 0 unspecified atom stereocenters. The second kappa shape index (κ2) is 5.92. The molecule has 0 aliphatic rings. The van der Waals surface area contributed by atoms with E-state index in [-0.39, 0.29) is 21.5 Å².